The first kappa shape index (κ1) is 32.5. The summed E-state index contributed by atoms with van der Waals surface area (Å²) in [5.74, 6) is 2.37. The van der Waals surface area contributed by atoms with Crippen LogP contribution in [0.5, 0.6) is 0 Å². The number of nitrogens with zero attached hydrogens (tertiary/aromatic N) is 2. The van der Waals surface area contributed by atoms with E-state index in [0.717, 1.165) is 34.8 Å². The SMILES string of the molecule is CCCCN(CCCC)C(=S)SCCCCCCCCSC(=S)N(CCCC)CCCC. The van der Waals surface area contributed by atoms with Crippen molar-refractivity contribution in [1.82, 2.24) is 9.80 Å². The molecule has 32 heavy (non-hydrogen) atoms. The van der Waals surface area contributed by atoms with E-state index in [1.807, 2.05) is 23.5 Å². The summed E-state index contributed by atoms with van der Waals surface area (Å²) in [5.41, 5.74) is 0. The maximum atomic E-state index is 5.71. The van der Waals surface area contributed by atoms with Gasteiger partial charge in [0.25, 0.3) is 0 Å². The Labute approximate surface area is 220 Å². The van der Waals surface area contributed by atoms with Gasteiger partial charge in [0.2, 0.25) is 0 Å². The second-order valence-corrected chi connectivity index (χ2v) is 12.2. The highest BCUT2D eigenvalue weighted by molar-refractivity contribution is 8.23. The zero-order valence-corrected chi connectivity index (χ0v) is 24.9. The largest absolute Gasteiger partial charge is 0.358 e. The molecule has 0 aliphatic rings. The zero-order chi connectivity index (χ0) is 23.9. The molecule has 0 N–H and O–H groups in total. The van der Waals surface area contributed by atoms with E-state index in [4.69, 9.17) is 24.4 Å². The van der Waals surface area contributed by atoms with Gasteiger partial charge >= 0.3 is 0 Å². The number of thioether (sulfide) groups is 2. The molecule has 0 atom stereocenters. The summed E-state index contributed by atoms with van der Waals surface area (Å²) in [6.07, 6.45) is 18.0. The van der Waals surface area contributed by atoms with Gasteiger partial charge in [-0.15, -0.1) is 0 Å². The summed E-state index contributed by atoms with van der Waals surface area (Å²) in [5, 5.41) is 0. The van der Waals surface area contributed by atoms with Gasteiger partial charge in [0, 0.05) is 37.7 Å². The highest BCUT2D eigenvalue weighted by Crippen LogP contribution is 2.17. The molecule has 190 valence electrons. The molecule has 2 nitrogen and oxygen atoms in total. The Bertz CT molecular complexity index is 390. The number of unbranched alkanes of at least 4 members (excludes halogenated alkanes) is 9. The van der Waals surface area contributed by atoms with Crippen molar-refractivity contribution >= 4 is 56.6 Å². The highest BCUT2D eigenvalue weighted by Gasteiger charge is 2.10. The van der Waals surface area contributed by atoms with E-state index in [9.17, 15) is 0 Å². The lowest BCUT2D eigenvalue weighted by molar-refractivity contribution is 0.410. The summed E-state index contributed by atoms with van der Waals surface area (Å²) in [6.45, 7) is 13.6. The summed E-state index contributed by atoms with van der Waals surface area (Å²) < 4.78 is 2.26. The lowest BCUT2D eigenvalue weighted by atomic mass is 10.1. The van der Waals surface area contributed by atoms with Gasteiger partial charge in [-0.25, -0.2) is 0 Å². The van der Waals surface area contributed by atoms with Crippen LogP contribution in [0.2, 0.25) is 0 Å². The minimum Gasteiger partial charge on any atom is -0.358 e. The summed E-state index contributed by atoms with van der Waals surface area (Å²) >= 11 is 15.2. The van der Waals surface area contributed by atoms with E-state index >= 15 is 0 Å². The lowest BCUT2D eigenvalue weighted by Crippen LogP contribution is -2.29. The molecule has 0 saturated heterocycles. The summed E-state index contributed by atoms with van der Waals surface area (Å²) in [6, 6.07) is 0. The molecule has 0 aromatic carbocycles. The third kappa shape index (κ3) is 18.9. The van der Waals surface area contributed by atoms with Crippen LogP contribution in [-0.4, -0.2) is 56.1 Å². The van der Waals surface area contributed by atoms with Crippen molar-refractivity contribution in [2.24, 2.45) is 0 Å². The monoisotopic (exact) mass is 520 g/mol. The molecular weight excluding hydrogens is 469 g/mol. The molecule has 0 fully saturated rings. The number of rotatable bonds is 21. The molecular formula is C26H52N2S4. The highest BCUT2D eigenvalue weighted by atomic mass is 32.2. The van der Waals surface area contributed by atoms with Gasteiger partial charge < -0.3 is 9.80 Å². The van der Waals surface area contributed by atoms with Crippen molar-refractivity contribution in [3.63, 3.8) is 0 Å². The Morgan fingerprint density at radius 2 is 0.750 bits per heavy atom. The first-order valence-corrected chi connectivity index (χ1v) is 16.2. The molecule has 0 amide bonds. The van der Waals surface area contributed by atoms with Crippen molar-refractivity contribution < 1.29 is 0 Å². The second-order valence-electron chi connectivity index (χ2n) is 8.74. The summed E-state index contributed by atoms with van der Waals surface area (Å²) in [7, 11) is 0. The number of hydrogen-bond donors (Lipinski definition) is 0. The van der Waals surface area contributed by atoms with Crippen LogP contribution < -0.4 is 0 Å². The molecule has 6 heteroatoms. The van der Waals surface area contributed by atoms with Gasteiger partial charge in [0.15, 0.2) is 0 Å². The van der Waals surface area contributed by atoms with Crippen LogP contribution in [0.15, 0.2) is 0 Å². The van der Waals surface area contributed by atoms with E-state index in [2.05, 4.69) is 37.5 Å². The molecule has 0 spiro atoms. The van der Waals surface area contributed by atoms with Crippen LogP contribution in [0.1, 0.15) is 118 Å². The molecule has 0 radical (unpaired) electrons. The van der Waals surface area contributed by atoms with Crippen LogP contribution in [0, 0.1) is 0 Å². The minimum absolute atomic E-state index is 1.13. The van der Waals surface area contributed by atoms with E-state index in [1.165, 1.54) is 101 Å². The van der Waals surface area contributed by atoms with Crippen LogP contribution in [-0.2, 0) is 0 Å². The van der Waals surface area contributed by atoms with Crippen molar-refractivity contribution in [2.45, 2.75) is 118 Å². The smallest absolute Gasteiger partial charge is 0.136 e. The first-order chi connectivity index (χ1) is 15.6. The molecule has 0 unspecified atom stereocenters. The third-order valence-corrected chi connectivity index (χ3v) is 8.85. The van der Waals surface area contributed by atoms with Crippen LogP contribution in [0.25, 0.3) is 0 Å². The van der Waals surface area contributed by atoms with Crippen molar-refractivity contribution in [3.05, 3.63) is 0 Å². The van der Waals surface area contributed by atoms with E-state index in [-0.39, 0.29) is 0 Å². The normalized spacial score (nSPS) is 11.0. The Morgan fingerprint density at radius 3 is 1.03 bits per heavy atom. The third-order valence-electron chi connectivity index (χ3n) is 5.63. The van der Waals surface area contributed by atoms with Crippen molar-refractivity contribution in [2.75, 3.05) is 37.7 Å². The van der Waals surface area contributed by atoms with Gasteiger partial charge in [-0.2, -0.15) is 0 Å². The molecule has 0 rings (SSSR count). The van der Waals surface area contributed by atoms with Gasteiger partial charge in [-0.05, 0) is 38.5 Å². The van der Waals surface area contributed by atoms with E-state index in [0.29, 0.717) is 0 Å². The fraction of sp³-hybridized carbons (Fsp3) is 0.923. The Balaban J connectivity index is 3.77. The molecule has 0 saturated carbocycles. The fourth-order valence-corrected chi connectivity index (χ4v) is 6.04. The number of hydrogen-bond acceptors (Lipinski definition) is 4. The van der Waals surface area contributed by atoms with Gasteiger partial charge in [0.05, 0.1) is 0 Å². The predicted octanol–water partition coefficient (Wildman–Crippen LogP) is 9.17. The van der Waals surface area contributed by atoms with Gasteiger partial charge in [-0.1, -0.05) is 127 Å². The zero-order valence-electron chi connectivity index (χ0n) is 21.7. The topological polar surface area (TPSA) is 6.48 Å². The van der Waals surface area contributed by atoms with Crippen LogP contribution in [0.3, 0.4) is 0 Å². The average molecular weight is 521 g/mol. The maximum Gasteiger partial charge on any atom is 0.136 e. The fourth-order valence-electron chi connectivity index (χ4n) is 3.40. The van der Waals surface area contributed by atoms with Crippen LogP contribution in [0.4, 0.5) is 0 Å². The molecule has 0 aliphatic heterocycles. The minimum atomic E-state index is 1.13. The molecule has 0 aliphatic carbocycles. The maximum absolute atomic E-state index is 5.71. The average Bonchev–Trinajstić information content (AvgIpc) is 2.80. The Hall–Kier alpha value is 0.480. The van der Waals surface area contributed by atoms with E-state index in [1.54, 1.807) is 0 Å². The molecule has 0 bridgehead atoms. The molecule has 0 aromatic heterocycles. The van der Waals surface area contributed by atoms with Crippen molar-refractivity contribution in [1.29, 1.82) is 0 Å². The van der Waals surface area contributed by atoms with Crippen molar-refractivity contribution in [3.8, 4) is 0 Å². The van der Waals surface area contributed by atoms with E-state index < -0.39 is 0 Å². The molecule has 0 heterocycles. The Kier molecular flexibility index (Phi) is 25.0. The Morgan fingerprint density at radius 1 is 0.469 bits per heavy atom. The first-order valence-electron chi connectivity index (χ1n) is 13.4. The second kappa shape index (κ2) is 24.6. The quantitative estimate of drug-likeness (QED) is 0.109. The lowest BCUT2D eigenvalue weighted by Gasteiger charge is -2.24. The predicted molar refractivity (Wildman–Crippen MR) is 161 cm³/mol. The van der Waals surface area contributed by atoms with Gasteiger partial charge in [0.1, 0.15) is 8.64 Å². The molecule has 0 aromatic rings. The standard InChI is InChI=1S/C26H52N2S4/c1-5-9-19-27(20-10-6-2)25(29)31-23-17-15-13-14-16-18-24-32-26(30)28(21-11-7-3)22-12-8-4/h5-24H2,1-4H3. The summed E-state index contributed by atoms with van der Waals surface area (Å²) in [4.78, 5) is 4.89. The van der Waals surface area contributed by atoms with Gasteiger partial charge in [-0.3, -0.25) is 0 Å². The number of thiocarbonyl (C=S) groups is 2. The van der Waals surface area contributed by atoms with Crippen LogP contribution >= 0.6 is 48.0 Å².